The standard InChI is InChI=1S/C36H38F2N4O2/c1-4-5-9-23-10-8-11-24(18-23)36(2)15-6-7-17-42(3)33(43)20-27-26-14-16-39-31(26)21-30(38)34(27)44-25-12-13-29(37)28(19-25)35-40-22-32(36)41-35/h8,10-14,16,18-19,21-22,39H,4-7,9,15,17,20H2,1-3H3,(H,40,41). The number of imidazole rings is 1. The minimum Gasteiger partial charge on any atom is -0.454 e. The van der Waals surface area contributed by atoms with E-state index >= 15 is 8.78 Å². The molecule has 8 heteroatoms. The second-order valence-corrected chi connectivity index (χ2v) is 12.1. The molecule has 228 valence electrons. The Hall–Kier alpha value is -4.46. The van der Waals surface area contributed by atoms with Crippen molar-refractivity contribution in [3.8, 4) is 22.9 Å². The Labute approximate surface area is 256 Å². The molecule has 2 N–H and O–H groups in total. The molecular weight excluding hydrogens is 558 g/mol. The van der Waals surface area contributed by atoms with Crippen molar-refractivity contribution in [1.29, 1.82) is 0 Å². The van der Waals surface area contributed by atoms with E-state index in [0.717, 1.165) is 44.2 Å². The summed E-state index contributed by atoms with van der Waals surface area (Å²) in [6.45, 7) is 4.95. The Morgan fingerprint density at radius 1 is 1.07 bits per heavy atom. The van der Waals surface area contributed by atoms with Gasteiger partial charge < -0.3 is 19.6 Å². The predicted octanol–water partition coefficient (Wildman–Crippen LogP) is 8.46. The van der Waals surface area contributed by atoms with E-state index in [9.17, 15) is 4.79 Å². The molecule has 0 saturated carbocycles. The van der Waals surface area contributed by atoms with E-state index in [1.165, 1.54) is 35.4 Å². The van der Waals surface area contributed by atoms with Crippen molar-refractivity contribution < 1.29 is 18.3 Å². The fraction of sp³-hybridized carbons (Fsp3) is 0.333. The molecule has 0 saturated heterocycles. The van der Waals surface area contributed by atoms with Gasteiger partial charge in [0.15, 0.2) is 11.6 Å². The number of aryl methyl sites for hydroxylation is 1. The van der Waals surface area contributed by atoms with Crippen LogP contribution in [0.25, 0.3) is 22.3 Å². The summed E-state index contributed by atoms with van der Waals surface area (Å²) >= 11 is 0. The third kappa shape index (κ3) is 5.73. The molecule has 3 aromatic carbocycles. The van der Waals surface area contributed by atoms with Crippen LogP contribution in [0.2, 0.25) is 0 Å². The molecule has 3 heterocycles. The number of ether oxygens (including phenoxy) is 1. The molecule has 0 fully saturated rings. The van der Waals surface area contributed by atoms with Crippen molar-refractivity contribution in [2.24, 2.45) is 0 Å². The molecule has 0 spiro atoms. The minimum absolute atomic E-state index is 0.0323. The molecule has 1 aliphatic rings. The number of H-pyrrole nitrogens is 2. The highest BCUT2D eigenvalue weighted by Crippen LogP contribution is 2.40. The number of fused-ring (bicyclic) bond motifs is 8. The molecule has 1 atom stereocenters. The number of amides is 1. The zero-order valence-electron chi connectivity index (χ0n) is 25.5. The number of hydrogen-bond donors (Lipinski definition) is 2. The van der Waals surface area contributed by atoms with E-state index in [1.807, 2.05) is 6.07 Å². The number of likely N-dealkylation sites (N-methyl/N-ethyl adjacent to an activating group) is 1. The molecule has 5 aromatic rings. The number of aromatic nitrogens is 3. The second-order valence-electron chi connectivity index (χ2n) is 12.1. The third-order valence-corrected chi connectivity index (χ3v) is 9.01. The molecule has 1 aliphatic heterocycles. The molecule has 1 amide bonds. The maximum Gasteiger partial charge on any atom is 0.226 e. The Morgan fingerprint density at radius 2 is 1.93 bits per heavy atom. The van der Waals surface area contributed by atoms with Crippen molar-refractivity contribution in [2.75, 3.05) is 13.6 Å². The van der Waals surface area contributed by atoms with Crippen LogP contribution in [0.3, 0.4) is 0 Å². The third-order valence-electron chi connectivity index (χ3n) is 9.01. The van der Waals surface area contributed by atoms with Crippen molar-refractivity contribution in [3.05, 3.63) is 101 Å². The fourth-order valence-electron chi connectivity index (χ4n) is 6.24. The summed E-state index contributed by atoms with van der Waals surface area (Å²) < 4.78 is 36.9. The number of nitrogens with zero attached hydrogens (tertiary/aromatic N) is 2. The Morgan fingerprint density at radius 3 is 2.77 bits per heavy atom. The highest BCUT2D eigenvalue weighted by atomic mass is 19.1. The van der Waals surface area contributed by atoms with Gasteiger partial charge in [-0.3, -0.25) is 4.79 Å². The highest BCUT2D eigenvalue weighted by Gasteiger charge is 2.32. The molecule has 6 rings (SSSR count). The lowest BCUT2D eigenvalue weighted by Crippen LogP contribution is -2.30. The van der Waals surface area contributed by atoms with Crippen LogP contribution in [0.1, 0.15) is 68.3 Å². The second kappa shape index (κ2) is 12.3. The van der Waals surface area contributed by atoms with Crippen molar-refractivity contribution in [2.45, 2.75) is 64.2 Å². The van der Waals surface area contributed by atoms with Gasteiger partial charge in [-0.05, 0) is 68.0 Å². The Balaban J connectivity index is 1.45. The first-order valence-electron chi connectivity index (χ1n) is 15.4. The molecular formula is C36H38F2N4O2. The molecule has 44 heavy (non-hydrogen) atoms. The summed E-state index contributed by atoms with van der Waals surface area (Å²) in [4.78, 5) is 26.2. The van der Waals surface area contributed by atoms with Gasteiger partial charge in [0.05, 0.1) is 12.0 Å². The van der Waals surface area contributed by atoms with Crippen LogP contribution in [0.4, 0.5) is 8.78 Å². The van der Waals surface area contributed by atoms with Crippen LogP contribution < -0.4 is 4.74 Å². The van der Waals surface area contributed by atoms with Crippen LogP contribution in [0.5, 0.6) is 11.5 Å². The van der Waals surface area contributed by atoms with Gasteiger partial charge in [0, 0.05) is 59.6 Å². The summed E-state index contributed by atoms with van der Waals surface area (Å²) in [5.41, 5.74) is 4.16. The molecule has 4 bridgehead atoms. The first-order chi connectivity index (χ1) is 21.3. The Kier molecular flexibility index (Phi) is 8.25. The lowest BCUT2D eigenvalue weighted by Gasteiger charge is -2.30. The normalized spacial score (nSPS) is 17.8. The van der Waals surface area contributed by atoms with Gasteiger partial charge in [-0.1, -0.05) is 44.0 Å². The monoisotopic (exact) mass is 596 g/mol. The van der Waals surface area contributed by atoms with Crippen molar-refractivity contribution in [1.82, 2.24) is 19.9 Å². The summed E-state index contributed by atoms with van der Waals surface area (Å²) in [6, 6.07) is 16.1. The lowest BCUT2D eigenvalue weighted by molar-refractivity contribution is -0.129. The molecule has 0 radical (unpaired) electrons. The van der Waals surface area contributed by atoms with E-state index in [4.69, 9.17) is 4.74 Å². The molecule has 0 aliphatic carbocycles. The van der Waals surface area contributed by atoms with Gasteiger partial charge in [0.1, 0.15) is 17.4 Å². The van der Waals surface area contributed by atoms with E-state index in [1.54, 1.807) is 24.3 Å². The maximum atomic E-state index is 15.5. The van der Waals surface area contributed by atoms with Gasteiger partial charge in [0.25, 0.3) is 0 Å². The minimum atomic E-state index is -0.605. The SMILES string of the molecule is CCCCc1cccc(C2(C)CCCCN(C)C(=O)Cc3c(c(F)cc4[nH]ccc34)Oc3ccc(F)c(c3)-c3ncc2[nH]3)c1. The van der Waals surface area contributed by atoms with E-state index < -0.39 is 17.0 Å². The average Bonchev–Trinajstić information content (AvgIpc) is 3.71. The highest BCUT2D eigenvalue weighted by molar-refractivity contribution is 5.91. The van der Waals surface area contributed by atoms with E-state index in [2.05, 4.69) is 53.1 Å². The number of hydrogen-bond acceptors (Lipinski definition) is 3. The number of rotatable bonds is 4. The average molecular weight is 597 g/mol. The number of benzene rings is 3. The quantitative estimate of drug-likeness (QED) is 0.219. The number of nitrogens with one attached hydrogen (secondary N) is 2. The van der Waals surface area contributed by atoms with E-state index in [0.29, 0.717) is 28.8 Å². The first-order valence-corrected chi connectivity index (χ1v) is 15.4. The number of carbonyl (C=O) groups excluding carboxylic acids is 1. The van der Waals surface area contributed by atoms with Gasteiger partial charge >= 0.3 is 0 Å². The fourth-order valence-corrected chi connectivity index (χ4v) is 6.24. The number of unbranched alkanes of at least 4 members (excludes halogenated alkanes) is 1. The van der Waals surface area contributed by atoms with Crippen molar-refractivity contribution in [3.63, 3.8) is 0 Å². The number of aromatic amines is 2. The molecule has 2 aromatic heterocycles. The van der Waals surface area contributed by atoms with Gasteiger partial charge in [-0.25, -0.2) is 13.8 Å². The summed E-state index contributed by atoms with van der Waals surface area (Å²) in [5.74, 6) is -0.639. The molecule has 6 nitrogen and oxygen atoms in total. The number of carbonyl (C=O) groups is 1. The largest absolute Gasteiger partial charge is 0.454 e. The summed E-state index contributed by atoms with van der Waals surface area (Å²) in [7, 11) is 1.79. The smallest absolute Gasteiger partial charge is 0.226 e. The summed E-state index contributed by atoms with van der Waals surface area (Å²) in [5, 5.41) is 0.705. The zero-order valence-corrected chi connectivity index (χ0v) is 25.5. The zero-order chi connectivity index (χ0) is 30.8. The predicted molar refractivity (Wildman–Crippen MR) is 169 cm³/mol. The van der Waals surface area contributed by atoms with Crippen molar-refractivity contribution >= 4 is 16.8 Å². The van der Waals surface area contributed by atoms with Crippen LogP contribution in [-0.4, -0.2) is 39.4 Å². The van der Waals surface area contributed by atoms with Crippen LogP contribution in [-0.2, 0) is 23.1 Å². The maximum absolute atomic E-state index is 15.5. The van der Waals surface area contributed by atoms with Gasteiger partial charge in [-0.15, -0.1) is 0 Å². The topological polar surface area (TPSA) is 74.0 Å². The Bertz CT molecular complexity index is 1810. The summed E-state index contributed by atoms with van der Waals surface area (Å²) in [6.07, 6.45) is 9.16. The molecule has 1 unspecified atom stereocenters. The first kappa shape index (κ1) is 29.6. The number of halogens is 2. The van der Waals surface area contributed by atoms with Crippen LogP contribution in [0.15, 0.2) is 67.0 Å². The van der Waals surface area contributed by atoms with Crippen LogP contribution >= 0.6 is 0 Å². The van der Waals surface area contributed by atoms with E-state index in [-0.39, 0.29) is 29.4 Å². The van der Waals surface area contributed by atoms with Crippen LogP contribution in [0, 0.1) is 11.6 Å². The van der Waals surface area contributed by atoms with Gasteiger partial charge in [-0.2, -0.15) is 0 Å². The lowest BCUT2D eigenvalue weighted by atomic mass is 9.75. The van der Waals surface area contributed by atoms with Gasteiger partial charge in [0.2, 0.25) is 5.91 Å².